The van der Waals surface area contributed by atoms with Crippen molar-refractivity contribution in [1.82, 2.24) is 20.0 Å². The van der Waals surface area contributed by atoms with Crippen LogP contribution in [0.2, 0.25) is 0 Å². The monoisotopic (exact) mass is 346 g/mol. The van der Waals surface area contributed by atoms with E-state index in [-0.39, 0.29) is 6.03 Å². The highest BCUT2D eigenvalue weighted by Crippen LogP contribution is 2.31. The summed E-state index contributed by atoms with van der Waals surface area (Å²) in [5, 5.41) is 13.5. The lowest BCUT2D eigenvalue weighted by atomic mass is 9.86. The van der Waals surface area contributed by atoms with Gasteiger partial charge in [-0.1, -0.05) is 30.3 Å². The van der Waals surface area contributed by atoms with Crippen molar-refractivity contribution in [2.75, 3.05) is 53.4 Å². The Bertz CT molecular complexity index is 564. The molecule has 3 rings (SSSR count). The van der Waals surface area contributed by atoms with Crippen LogP contribution in [0, 0.1) is 0 Å². The molecule has 6 nitrogen and oxygen atoms in total. The molecule has 0 spiro atoms. The van der Waals surface area contributed by atoms with Gasteiger partial charge < -0.3 is 25.1 Å². The molecule has 2 N–H and O–H groups in total. The van der Waals surface area contributed by atoms with Crippen molar-refractivity contribution < 1.29 is 9.90 Å². The first-order valence-electron chi connectivity index (χ1n) is 9.17. The third kappa shape index (κ3) is 4.32. The van der Waals surface area contributed by atoms with Crippen LogP contribution in [0.15, 0.2) is 30.3 Å². The Hall–Kier alpha value is -1.63. The van der Waals surface area contributed by atoms with Crippen molar-refractivity contribution >= 4 is 6.03 Å². The van der Waals surface area contributed by atoms with Gasteiger partial charge in [0.15, 0.2) is 0 Å². The molecule has 2 fully saturated rings. The number of hydrogen-bond donors (Lipinski definition) is 2. The SMILES string of the molecule is CN(C)C1CCN(CCNC(=O)N2CC(O)(c3ccccc3)C2)CC1. The van der Waals surface area contributed by atoms with E-state index in [1.165, 1.54) is 12.8 Å². The topological polar surface area (TPSA) is 59.0 Å². The number of carbonyl (C=O) groups excluding carboxylic acids is 1. The summed E-state index contributed by atoms with van der Waals surface area (Å²) in [5.41, 5.74) is -0.0186. The maximum atomic E-state index is 12.2. The maximum absolute atomic E-state index is 12.2. The minimum atomic E-state index is -0.896. The maximum Gasteiger partial charge on any atom is 0.317 e. The van der Waals surface area contributed by atoms with E-state index in [1.54, 1.807) is 4.90 Å². The number of benzene rings is 1. The number of carbonyl (C=O) groups is 1. The van der Waals surface area contributed by atoms with Gasteiger partial charge in [-0.2, -0.15) is 0 Å². The summed E-state index contributed by atoms with van der Waals surface area (Å²) in [6, 6.07) is 10.2. The fourth-order valence-corrected chi connectivity index (χ4v) is 3.75. The Labute approximate surface area is 150 Å². The molecule has 2 heterocycles. The van der Waals surface area contributed by atoms with Gasteiger partial charge in [0.05, 0.1) is 13.1 Å². The molecule has 2 amide bonds. The Morgan fingerprint density at radius 1 is 1.24 bits per heavy atom. The van der Waals surface area contributed by atoms with Crippen LogP contribution in [0.25, 0.3) is 0 Å². The molecule has 0 atom stereocenters. The second-order valence-corrected chi connectivity index (χ2v) is 7.52. The molecule has 2 saturated heterocycles. The number of nitrogens with one attached hydrogen (secondary N) is 1. The summed E-state index contributed by atoms with van der Waals surface area (Å²) in [5.74, 6) is 0. The summed E-state index contributed by atoms with van der Waals surface area (Å²) in [4.78, 5) is 18.6. The van der Waals surface area contributed by atoms with Gasteiger partial charge in [-0.15, -0.1) is 0 Å². The van der Waals surface area contributed by atoms with E-state index in [0.29, 0.717) is 25.7 Å². The molecule has 25 heavy (non-hydrogen) atoms. The molecule has 0 aromatic heterocycles. The fourth-order valence-electron chi connectivity index (χ4n) is 3.75. The molecule has 6 heteroatoms. The van der Waals surface area contributed by atoms with Crippen LogP contribution in [0.4, 0.5) is 4.79 Å². The molecular weight excluding hydrogens is 316 g/mol. The Morgan fingerprint density at radius 2 is 1.88 bits per heavy atom. The molecule has 0 saturated carbocycles. The van der Waals surface area contributed by atoms with Gasteiger partial charge in [0.1, 0.15) is 5.60 Å². The minimum Gasteiger partial charge on any atom is -0.381 e. The van der Waals surface area contributed by atoms with Crippen molar-refractivity contribution in [3.8, 4) is 0 Å². The Morgan fingerprint density at radius 3 is 2.48 bits per heavy atom. The van der Waals surface area contributed by atoms with Crippen LogP contribution in [0.3, 0.4) is 0 Å². The largest absolute Gasteiger partial charge is 0.381 e. The number of aliphatic hydroxyl groups is 1. The summed E-state index contributed by atoms with van der Waals surface area (Å²) in [7, 11) is 4.29. The van der Waals surface area contributed by atoms with Crippen molar-refractivity contribution in [3.05, 3.63) is 35.9 Å². The van der Waals surface area contributed by atoms with Gasteiger partial charge in [-0.05, 0) is 45.6 Å². The molecule has 0 radical (unpaired) electrons. The number of urea groups is 1. The number of rotatable bonds is 5. The summed E-state index contributed by atoms with van der Waals surface area (Å²) < 4.78 is 0. The molecule has 2 aliphatic rings. The van der Waals surface area contributed by atoms with Crippen LogP contribution >= 0.6 is 0 Å². The number of amides is 2. The average molecular weight is 346 g/mol. The second-order valence-electron chi connectivity index (χ2n) is 7.52. The predicted molar refractivity (Wildman–Crippen MR) is 98.5 cm³/mol. The van der Waals surface area contributed by atoms with E-state index < -0.39 is 5.60 Å². The molecular formula is C19H30N4O2. The van der Waals surface area contributed by atoms with Crippen LogP contribution < -0.4 is 5.32 Å². The van der Waals surface area contributed by atoms with Crippen molar-refractivity contribution in [1.29, 1.82) is 0 Å². The van der Waals surface area contributed by atoms with E-state index in [9.17, 15) is 9.90 Å². The van der Waals surface area contributed by atoms with E-state index in [2.05, 4.69) is 29.2 Å². The van der Waals surface area contributed by atoms with Gasteiger partial charge in [-0.3, -0.25) is 0 Å². The third-order valence-electron chi connectivity index (χ3n) is 5.49. The molecule has 138 valence electrons. The normalized spacial score (nSPS) is 21.2. The van der Waals surface area contributed by atoms with Crippen molar-refractivity contribution in [3.63, 3.8) is 0 Å². The van der Waals surface area contributed by atoms with Crippen molar-refractivity contribution in [2.45, 2.75) is 24.5 Å². The predicted octanol–water partition coefficient (Wildman–Crippen LogP) is 0.925. The van der Waals surface area contributed by atoms with Crippen LogP contribution in [-0.4, -0.2) is 85.2 Å². The minimum absolute atomic E-state index is 0.0798. The Kier molecular flexibility index (Phi) is 5.61. The van der Waals surface area contributed by atoms with Gasteiger partial charge in [-0.25, -0.2) is 4.79 Å². The lowest BCUT2D eigenvalue weighted by Gasteiger charge is -2.46. The lowest BCUT2D eigenvalue weighted by molar-refractivity contribution is -0.0816. The average Bonchev–Trinajstić information content (AvgIpc) is 2.60. The molecule has 0 aliphatic carbocycles. The van der Waals surface area contributed by atoms with Crippen LogP contribution in [-0.2, 0) is 5.60 Å². The number of hydrogen-bond acceptors (Lipinski definition) is 4. The molecule has 1 aromatic rings. The lowest BCUT2D eigenvalue weighted by Crippen LogP contribution is -2.63. The molecule has 2 aliphatic heterocycles. The zero-order chi connectivity index (χ0) is 17.9. The van der Waals surface area contributed by atoms with E-state index in [0.717, 1.165) is 25.2 Å². The van der Waals surface area contributed by atoms with Crippen molar-refractivity contribution in [2.24, 2.45) is 0 Å². The highest BCUT2D eigenvalue weighted by molar-refractivity contribution is 5.75. The first-order chi connectivity index (χ1) is 12.0. The first-order valence-corrected chi connectivity index (χ1v) is 9.17. The zero-order valence-corrected chi connectivity index (χ0v) is 15.3. The number of nitrogens with zero attached hydrogens (tertiary/aromatic N) is 3. The number of β-amino-alcohol motifs (C(OH)–C–C–N with tert-alkyl or cyclic N) is 1. The first kappa shape index (κ1) is 18.2. The Balaban J connectivity index is 1.35. The highest BCUT2D eigenvalue weighted by Gasteiger charge is 2.44. The molecule has 1 aromatic carbocycles. The van der Waals surface area contributed by atoms with Gasteiger partial charge in [0.2, 0.25) is 0 Å². The van der Waals surface area contributed by atoms with Crippen LogP contribution in [0.5, 0.6) is 0 Å². The summed E-state index contributed by atoms with van der Waals surface area (Å²) in [6.45, 7) is 4.45. The second kappa shape index (κ2) is 7.72. The standard InChI is InChI=1S/C19H30N4O2/c1-21(2)17-8-11-22(12-9-17)13-10-20-18(24)23-14-19(25,15-23)16-6-4-3-5-7-16/h3-7,17,25H,8-15H2,1-2H3,(H,20,24). The van der Waals surface area contributed by atoms with Gasteiger partial charge >= 0.3 is 6.03 Å². The van der Waals surface area contributed by atoms with E-state index >= 15 is 0 Å². The third-order valence-corrected chi connectivity index (χ3v) is 5.49. The molecule has 0 bridgehead atoms. The zero-order valence-electron chi connectivity index (χ0n) is 15.3. The van der Waals surface area contributed by atoms with E-state index in [4.69, 9.17) is 0 Å². The number of likely N-dealkylation sites (tertiary alicyclic amines) is 2. The fraction of sp³-hybridized carbons (Fsp3) is 0.632. The summed E-state index contributed by atoms with van der Waals surface area (Å²) >= 11 is 0. The highest BCUT2D eigenvalue weighted by atomic mass is 16.3. The quantitative estimate of drug-likeness (QED) is 0.833. The van der Waals surface area contributed by atoms with Gasteiger partial charge in [0, 0.05) is 19.1 Å². The van der Waals surface area contributed by atoms with Gasteiger partial charge in [0.25, 0.3) is 0 Å². The number of piperidine rings is 1. The summed E-state index contributed by atoms with van der Waals surface area (Å²) in [6.07, 6.45) is 2.38. The smallest absolute Gasteiger partial charge is 0.317 e. The molecule has 0 unspecified atom stereocenters. The van der Waals surface area contributed by atoms with Crippen LogP contribution in [0.1, 0.15) is 18.4 Å². The van der Waals surface area contributed by atoms with E-state index in [1.807, 2.05) is 30.3 Å².